The molecule has 2 atom stereocenters. The number of aliphatic hydroxyl groups is 1. The van der Waals surface area contributed by atoms with Crippen molar-refractivity contribution < 1.29 is 9.90 Å². The van der Waals surface area contributed by atoms with Crippen LogP contribution < -0.4 is 10.9 Å². The molecule has 6 nitrogen and oxygen atoms in total. The molecule has 2 fully saturated rings. The first-order valence-electron chi connectivity index (χ1n) is 10.1. The van der Waals surface area contributed by atoms with Gasteiger partial charge in [-0.3, -0.25) is 14.0 Å². The van der Waals surface area contributed by atoms with E-state index in [1.54, 1.807) is 18.3 Å². The van der Waals surface area contributed by atoms with Crippen molar-refractivity contribution in [2.45, 2.75) is 56.6 Å². The Kier molecular flexibility index (Phi) is 4.16. The monoisotopic (exact) mass is 377 g/mol. The van der Waals surface area contributed by atoms with Gasteiger partial charge in [-0.05, 0) is 61.4 Å². The zero-order valence-corrected chi connectivity index (χ0v) is 15.6. The molecule has 1 amide bonds. The number of aromatic nitrogens is 2. The van der Waals surface area contributed by atoms with Crippen molar-refractivity contribution in [3.05, 3.63) is 58.0 Å². The summed E-state index contributed by atoms with van der Waals surface area (Å²) in [5.41, 5.74) is 2.33. The molecule has 5 rings (SSSR count). The second-order valence-electron chi connectivity index (χ2n) is 8.02. The van der Waals surface area contributed by atoms with Gasteiger partial charge in [0.25, 0.3) is 11.5 Å². The highest BCUT2D eigenvalue weighted by molar-refractivity contribution is 6.00. The third kappa shape index (κ3) is 2.98. The number of aliphatic hydroxyl groups excluding tert-OH is 1. The quantitative estimate of drug-likeness (QED) is 0.688. The van der Waals surface area contributed by atoms with E-state index in [1.807, 2.05) is 18.2 Å². The topological polar surface area (TPSA) is 83.7 Å². The smallest absolute Gasteiger partial charge is 0.265 e. The van der Waals surface area contributed by atoms with Gasteiger partial charge in [0.2, 0.25) is 0 Å². The van der Waals surface area contributed by atoms with Gasteiger partial charge in [-0.2, -0.15) is 0 Å². The minimum Gasteiger partial charge on any atom is -0.391 e. The maximum Gasteiger partial charge on any atom is 0.265 e. The van der Waals surface area contributed by atoms with Crippen LogP contribution in [0.25, 0.3) is 16.6 Å². The molecular weight excluding hydrogens is 354 g/mol. The summed E-state index contributed by atoms with van der Waals surface area (Å²) in [5, 5.41) is 13.7. The van der Waals surface area contributed by atoms with Gasteiger partial charge in [0.1, 0.15) is 0 Å². The summed E-state index contributed by atoms with van der Waals surface area (Å²) < 4.78 is 1.45. The first kappa shape index (κ1) is 17.4. The average Bonchev–Trinajstić information content (AvgIpc) is 3.55. The van der Waals surface area contributed by atoms with Crippen LogP contribution in [0.3, 0.4) is 0 Å². The van der Waals surface area contributed by atoms with Crippen LogP contribution in [0.4, 0.5) is 0 Å². The Morgan fingerprint density at radius 1 is 1.14 bits per heavy atom. The summed E-state index contributed by atoms with van der Waals surface area (Å²) in [6, 6.07) is 8.97. The van der Waals surface area contributed by atoms with E-state index in [0.717, 1.165) is 19.3 Å². The molecule has 2 aromatic heterocycles. The highest BCUT2D eigenvalue weighted by Crippen LogP contribution is 2.40. The minimum atomic E-state index is -0.523. The Morgan fingerprint density at radius 3 is 2.75 bits per heavy atom. The highest BCUT2D eigenvalue weighted by Gasteiger charge is 2.26. The highest BCUT2D eigenvalue weighted by atomic mass is 16.3. The number of hydrogen-bond acceptors (Lipinski definition) is 4. The van der Waals surface area contributed by atoms with Gasteiger partial charge in [0, 0.05) is 6.20 Å². The molecule has 0 radical (unpaired) electrons. The summed E-state index contributed by atoms with van der Waals surface area (Å²) in [5.74, 6) is 0.258. The number of amides is 1. The Hall–Kier alpha value is -2.73. The molecule has 0 saturated heterocycles. The predicted octanol–water partition coefficient (Wildman–Crippen LogP) is 2.76. The van der Waals surface area contributed by atoms with Crippen molar-refractivity contribution >= 4 is 22.5 Å². The van der Waals surface area contributed by atoms with E-state index in [4.69, 9.17) is 0 Å². The summed E-state index contributed by atoms with van der Waals surface area (Å²) in [4.78, 5) is 30.6. The van der Waals surface area contributed by atoms with Crippen LogP contribution >= 0.6 is 0 Å². The van der Waals surface area contributed by atoms with Crippen molar-refractivity contribution in [3.63, 3.8) is 0 Å². The number of fused-ring (bicyclic) bond motifs is 2. The lowest BCUT2D eigenvalue weighted by atomic mass is 9.92. The van der Waals surface area contributed by atoms with Crippen molar-refractivity contribution in [1.29, 1.82) is 0 Å². The lowest BCUT2D eigenvalue weighted by molar-refractivity contribution is 0.0718. The Labute approximate surface area is 162 Å². The maximum atomic E-state index is 13.1. The van der Waals surface area contributed by atoms with E-state index in [9.17, 15) is 14.7 Å². The van der Waals surface area contributed by atoms with Crippen LogP contribution in [0.5, 0.6) is 0 Å². The van der Waals surface area contributed by atoms with Crippen LogP contribution in [0.2, 0.25) is 0 Å². The van der Waals surface area contributed by atoms with Crippen molar-refractivity contribution in [2.24, 2.45) is 0 Å². The van der Waals surface area contributed by atoms with Gasteiger partial charge in [-0.25, -0.2) is 4.98 Å². The molecule has 6 heteroatoms. The van der Waals surface area contributed by atoms with Gasteiger partial charge in [-0.1, -0.05) is 18.9 Å². The van der Waals surface area contributed by atoms with Crippen molar-refractivity contribution in [2.75, 3.05) is 0 Å². The summed E-state index contributed by atoms with van der Waals surface area (Å²) in [6.45, 7) is 0. The normalized spacial score (nSPS) is 22.5. The molecule has 2 heterocycles. The second kappa shape index (κ2) is 6.71. The zero-order chi connectivity index (χ0) is 19.3. The zero-order valence-electron chi connectivity index (χ0n) is 15.6. The summed E-state index contributed by atoms with van der Waals surface area (Å²) in [7, 11) is 0. The van der Waals surface area contributed by atoms with E-state index in [1.165, 1.54) is 22.8 Å². The number of benzene rings is 1. The van der Waals surface area contributed by atoms with Gasteiger partial charge < -0.3 is 10.4 Å². The molecule has 2 aliphatic carbocycles. The molecular formula is C22H23N3O3. The SMILES string of the molecule is O=C(N[C@@H]1CCCC[C@H]1O)c1cccn2c(=O)c3cc(C4CC4)ccc3nc12. The van der Waals surface area contributed by atoms with Crippen LogP contribution in [0.1, 0.15) is 60.4 Å². The van der Waals surface area contributed by atoms with Crippen LogP contribution in [-0.4, -0.2) is 32.5 Å². The first-order valence-corrected chi connectivity index (χ1v) is 10.1. The fraction of sp³-hybridized carbons (Fsp3) is 0.409. The molecule has 2 aliphatic rings. The lowest BCUT2D eigenvalue weighted by Gasteiger charge is -2.28. The predicted molar refractivity (Wildman–Crippen MR) is 107 cm³/mol. The van der Waals surface area contributed by atoms with Gasteiger partial charge in [-0.15, -0.1) is 0 Å². The first-order chi connectivity index (χ1) is 13.6. The number of pyridine rings is 1. The number of carbonyl (C=O) groups is 1. The summed E-state index contributed by atoms with van der Waals surface area (Å²) in [6.07, 6.45) is 6.90. The summed E-state index contributed by atoms with van der Waals surface area (Å²) >= 11 is 0. The molecule has 0 unspecified atom stereocenters. The number of hydrogen-bond donors (Lipinski definition) is 2. The molecule has 2 N–H and O–H groups in total. The van der Waals surface area contributed by atoms with Gasteiger partial charge >= 0.3 is 0 Å². The fourth-order valence-electron chi connectivity index (χ4n) is 4.22. The van der Waals surface area contributed by atoms with Crippen LogP contribution in [0, 0.1) is 0 Å². The van der Waals surface area contributed by atoms with E-state index in [2.05, 4.69) is 10.3 Å². The standard InChI is InChI=1S/C22H23N3O3/c26-19-6-2-1-5-18(19)24-21(27)15-4-3-11-25-20(15)23-17-10-9-14(13-7-8-13)12-16(17)22(25)28/h3-4,9-13,18-19,26H,1-2,5-8H2,(H,24,27)/t18-,19-/m1/s1. The molecule has 2 saturated carbocycles. The molecule has 0 spiro atoms. The minimum absolute atomic E-state index is 0.158. The molecule has 0 bridgehead atoms. The average molecular weight is 377 g/mol. The lowest BCUT2D eigenvalue weighted by Crippen LogP contribution is -2.45. The number of rotatable bonds is 3. The molecule has 1 aromatic carbocycles. The van der Waals surface area contributed by atoms with Gasteiger partial charge in [0.15, 0.2) is 5.65 Å². The van der Waals surface area contributed by atoms with Crippen LogP contribution in [0.15, 0.2) is 41.3 Å². The third-order valence-corrected chi connectivity index (χ3v) is 6.00. The molecule has 0 aliphatic heterocycles. The Morgan fingerprint density at radius 2 is 1.96 bits per heavy atom. The van der Waals surface area contributed by atoms with Crippen LogP contribution in [-0.2, 0) is 0 Å². The fourth-order valence-corrected chi connectivity index (χ4v) is 4.22. The Balaban J connectivity index is 1.57. The maximum absolute atomic E-state index is 13.1. The number of nitrogens with zero attached hydrogens (tertiary/aromatic N) is 2. The molecule has 28 heavy (non-hydrogen) atoms. The van der Waals surface area contributed by atoms with Gasteiger partial charge in [0.05, 0.1) is 28.6 Å². The van der Waals surface area contributed by atoms with E-state index in [0.29, 0.717) is 34.5 Å². The Bertz CT molecular complexity index is 1130. The molecule has 144 valence electrons. The van der Waals surface area contributed by atoms with Crippen molar-refractivity contribution in [1.82, 2.24) is 14.7 Å². The van der Waals surface area contributed by atoms with E-state index < -0.39 is 6.10 Å². The number of nitrogens with one attached hydrogen (secondary N) is 1. The van der Waals surface area contributed by atoms with Crippen molar-refractivity contribution in [3.8, 4) is 0 Å². The molecule has 3 aromatic rings. The third-order valence-electron chi connectivity index (χ3n) is 6.00. The van der Waals surface area contributed by atoms with E-state index >= 15 is 0 Å². The van der Waals surface area contributed by atoms with E-state index in [-0.39, 0.29) is 17.5 Å². The number of carbonyl (C=O) groups excluding carboxylic acids is 1. The largest absolute Gasteiger partial charge is 0.391 e. The second-order valence-corrected chi connectivity index (χ2v) is 8.02.